The lowest BCUT2D eigenvalue weighted by Gasteiger charge is -2.38. The molecule has 1 aliphatic heterocycles. The summed E-state index contributed by atoms with van der Waals surface area (Å²) >= 11 is 12.9. The molecule has 4 nitrogen and oxygen atoms in total. The maximum Gasteiger partial charge on any atom is 0.264 e. The van der Waals surface area contributed by atoms with E-state index in [0.717, 1.165) is 23.2 Å². The molecule has 0 saturated carbocycles. The van der Waals surface area contributed by atoms with Gasteiger partial charge in [0.25, 0.3) is 10.0 Å². The highest BCUT2D eigenvalue weighted by Crippen LogP contribution is 2.51. The Morgan fingerprint density at radius 2 is 1.79 bits per heavy atom. The fourth-order valence-corrected chi connectivity index (χ4v) is 6.95. The molecule has 3 aromatic carbocycles. The Labute approximate surface area is 204 Å². The Hall–Kier alpha value is -2.47. The van der Waals surface area contributed by atoms with E-state index in [2.05, 4.69) is 17.5 Å². The van der Waals surface area contributed by atoms with Gasteiger partial charge in [-0.3, -0.25) is 4.31 Å². The van der Waals surface area contributed by atoms with Gasteiger partial charge in [0.15, 0.2) is 0 Å². The van der Waals surface area contributed by atoms with E-state index >= 15 is 0 Å². The molecule has 0 saturated heterocycles. The van der Waals surface area contributed by atoms with E-state index in [1.807, 2.05) is 61.5 Å². The van der Waals surface area contributed by atoms with Crippen LogP contribution in [0.1, 0.15) is 36.4 Å². The van der Waals surface area contributed by atoms with Crippen LogP contribution in [0.3, 0.4) is 0 Å². The van der Waals surface area contributed by atoms with Crippen LogP contribution >= 0.6 is 23.2 Å². The molecule has 0 bridgehead atoms. The molecule has 0 aromatic heterocycles. The third-order valence-corrected chi connectivity index (χ3v) is 9.30. The Morgan fingerprint density at radius 1 is 1.00 bits per heavy atom. The first kappa shape index (κ1) is 22.3. The largest absolute Gasteiger partial charge is 0.378 e. The smallest absolute Gasteiger partial charge is 0.264 e. The van der Waals surface area contributed by atoms with Crippen LogP contribution in [0.15, 0.2) is 83.8 Å². The van der Waals surface area contributed by atoms with Crippen LogP contribution in [0, 0.1) is 5.92 Å². The number of allylic oxidation sites excluding steroid dienone is 2. The Balaban J connectivity index is 1.55. The van der Waals surface area contributed by atoms with Crippen molar-refractivity contribution in [2.24, 2.45) is 5.92 Å². The van der Waals surface area contributed by atoms with Gasteiger partial charge in [-0.15, -0.1) is 0 Å². The first-order valence-corrected chi connectivity index (χ1v) is 13.2. The number of sulfonamides is 1. The second-order valence-electron chi connectivity index (χ2n) is 8.37. The van der Waals surface area contributed by atoms with Gasteiger partial charge >= 0.3 is 0 Å². The van der Waals surface area contributed by atoms with E-state index in [0.29, 0.717) is 27.2 Å². The molecule has 3 atom stereocenters. The van der Waals surface area contributed by atoms with Gasteiger partial charge in [-0.05, 0) is 66.8 Å². The van der Waals surface area contributed by atoms with Gasteiger partial charge in [0.05, 0.1) is 26.7 Å². The van der Waals surface area contributed by atoms with Crippen molar-refractivity contribution >= 4 is 44.6 Å². The van der Waals surface area contributed by atoms with Crippen molar-refractivity contribution in [3.8, 4) is 0 Å². The molecule has 33 heavy (non-hydrogen) atoms. The van der Waals surface area contributed by atoms with Crippen LogP contribution in [-0.4, -0.2) is 15.0 Å². The monoisotopic (exact) mass is 498 g/mol. The number of nitrogens with zero attached hydrogens (tertiary/aromatic N) is 1. The molecular formula is C26H24Cl2N2O2S. The van der Waals surface area contributed by atoms with E-state index in [9.17, 15) is 8.42 Å². The van der Waals surface area contributed by atoms with Crippen molar-refractivity contribution in [2.45, 2.75) is 30.2 Å². The molecule has 0 radical (unpaired) electrons. The topological polar surface area (TPSA) is 49.4 Å². The third kappa shape index (κ3) is 3.82. The number of anilines is 2. The van der Waals surface area contributed by atoms with Gasteiger partial charge in [-0.1, -0.05) is 65.7 Å². The number of para-hydroxylation sites is 1. The minimum Gasteiger partial charge on any atom is -0.378 e. The molecule has 0 spiro atoms. The molecule has 1 heterocycles. The molecule has 0 fully saturated rings. The van der Waals surface area contributed by atoms with Crippen LogP contribution in [0.2, 0.25) is 10.0 Å². The van der Waals surface area contributed by atoms with E-state index in [1.165, 1.54) is 4.31 Å². The van der Waals surface area contributed by atoms with Gasteiger partial charge in [0, 0.05) is 18.2 Å². The summed E-state index contributed by atoms with van der Waals surface area (Å²) in [7, 11) is -3.70. The van der Waals surface area contributed by atoms with E-state index in [1.54, 1.807) is 12.1 Å². The van der Waals surface area contributed by atoms with Gasteiger partial charge in [-0.2, -0.15) is 0 Å². The van der Waals surface area contributed by atoms with Gasteiger partial charge in [-0.25, -0.2) is 8.42 Å². The number of halogens is 2. The minimum atomic E-state index is -3.70. The van der Waals surface area contributed by atoms with Crippen LogP contribution in [0.25, 0.3) is 0 Å². The highest BCUT2D eigenvalue weighted by Gasteiger charge is 2.39. The van der Waals surface area contributed by atoms with Gasteiger partial charge in [0.1, 0.15) is 0 Å². The normalized spacial score (nSPS) is 21.2. The van der Waals surface area contributed by atoms with Gasteiger partial charge in [0.2, 0.25) is 0 Å². The lowest BCUT2D eigenvalue weighted by atomic mass is 9.77. The molecule has 1 N–H and O–H groups in total. The zero-order valence-electron chi connectivity index (χ0n) is 18.1. The summed E-state index contributed by atoms with van der Waals surface area (Å²) in [6.45, 7) is 2.20. The second kappa shape index (κ2) is 8.71. The molecule has 0 amide bonds. The Morgan fingerprint density at radius 3 is 2.55 bits per heavy atom. The molecular weight excluding hydrogens is 475 g/mol. The van der Waals surface area contributed by atoms with Crippen LogP contribution in [0.4, 0.5) is 11.4 Å². The number of fused-ring (bicyclic) bond motifs is 3. The highest BCUT2D eigenvalue weighted by molar-refractivity contribution is 7.92. The first-order valence-electron chi connectivity index (χ1n) is 11.0. The average molecular weight is 499 g/mol. The second-order valence-corrected chi connectivity index (χ2v) is 11.0. The number of hydrogen-bond donors (Lipinski definition) is 1. The van der Waals surface area contributed by atoms with Crippen molar-refractivity contribution in [1.29, 1.82) is 0 Å². The van der Waals surface area contributed by atoms with Crippen molar-refractivity contribution in [3.63, 3.8) is 0 Å². The molecule has 1 aliphatic carbocycles. The summed E-state index contributed by atoms with van der Waals surface area (Å²) in [5.41, 5.74) is 3.54. The van der Waals surface area contributed by atoms with Crippen molar-refractivity contribution in [1.82, 2.24) is 0 Å². The van der Waals surface area contributed by atoms with Crippen LogP contribution in [-0.2, 0) is 10.0 Å². The summed E-state index contributed by atoms with van der Waals surface area (Å²) in [5, 5.41) is 4.71. The van der Waals surface area contributed by atoms with Crippen molar-refractivity contribution < 1.29 is 8.42 Å². The Kier molecular flexibility index (Phi) is 5.89. The molecule has 3 unspecified atom stereocenters. The number of nitrogens with one attached hydrogen (secondary N) is 1. The number of rotatable bonds is 5. The van der Waals surface area contributed by atoms with Crippen LogP contribution < -0.4 is 9.62 Å². The Bertz CT molecular complexity index is 1330. The summed E-state index contributed by atoms with van der Waals surface area (Å²) in [4.78, 5) is 0.298. The maximum absolute atomic E-state index is 13.6. The maximum atomic E-state index is 13.6. The predicted octanol–water partition coefficient (Wildman–Crippen LogP) is 7.04. The van der Waals surface area contributed by atoms with Crippen LogP contribution in [0.5, 0.6) is 0 Å². The third-order valence-electron chi connectivity index (χ3n) is 6.57. The van der Waals surface area contributed by atoms with E-state index < -0.39 is 10.0 Å². The fourth-order valence-electron chi connectivity index (χ4n) is 5.01. The molecule has 5 rings (SSSR count). The SMILES string of the molecule is CCN(c1ccccc1)S(=O)(=O)c1ccc2c(c1)C1C=CCC1C(c1cccc(Cl)c1Cl)N2. The predicted molar refractivity (Wildman–Crippen MR) is 136 cm³/mol. The molecule has 7 heteroatoms. The first-order chi connectivity index (χ1) is 15.9. The lowest BCUT2D eigenvalue weighted by molar-refractivity contribution is 0.425. The van der Waals surface area contributed by atoms with Gasteiger partial charge < -0.3 is 5.32 Å². The molecule has 3 aromatic rings. The quantitative estimate of drug-likeness (QED) is 0.383. The zero-order valence-corrected chi connectivity index (χ0v) is 20.4. The summed E-state index contributed by atoms with van der Waals surface area (Å²) in [5.74, 6) is 0.325. The molecule has 170 valence electrons. The standard InChI is InChI=1S/C26H24Cl2N2O2S/c1-2-30(17-8-4-3-5-9-17)33(31,32)18-14-15-24-22(16-18)19-10-6-11-20(19)26(29-24)21-12-7-13-23(27)25(21)28/h3-10,12-16,19-20,26,29H,2,11H2,1H3. The minimum absolute atomic E-state index is 0.0115. The summed E-state index contributed by atoms with van der Waals surface area (Å²) < 4.78 is 28.6. The average Bonchev–Trinajstić information content (AvgIpc) is 3.31. The number of benzene rings is 3. The number of hydrogen-bond acceptors (Lipinski definition) is 3. The highest BCUT2D eigenvalue weighted by atomic mass is 35.5. The zero-order chi connectivity index (χ0) is 23.2. The van der Waals surface area contributed by atoms with Crippen molar-refractivity contribution in [3.05, 3.63) is 100 Å². The fraction of sp³-hybridized carbons (Fsp3) is 0.231. The van der Waals surface area contributed by atoms with Crippen molar-refractivity contribution in [2.75, 3.05) is 16.2 Å². The van der Waals surface area contributed by atoms with E-state index in [-0.39, 0.29) is 17.9 Å². The summed E-state index contributed by atoms with van der Waals surface area (Å²) in [6, 6.07) is 20.3. The lowest BCUT2D eigenvalue weighted by Crippen LogP contribution is -2.32. The summed E-state index contributed by atoms with van der Waals surface area (Å²) in [6.07, 6.45) is 5.23. The van der Waals surface area contributed by atoms with E-state index in [4.69, 9.17) is 23.2 Å². The molecule has 2 aliphatic rings.